The van der Waals surface area contributed by atoms with Crippen molar-refractivity contribution in [3.8, 4) is 11.8 Å². The van der Waals surface area contributed by atoms with E-state index in [-0.39, 0.29) is 28.7 Å². The molecular formula is C13H16Cl2O2. The number of halogens is 2. The van der Waals surface area contributed by atoms with Gasteiger partial charge in [-0.05, 0) is 6.42 Å². The quantitative estimate of drug-likeness (QED) is 0.631. The third-order valence-corrected chi connectivity index (χ3v) is 3.75. The third kappa shape index (κ3) is 3.74. The molecule has 0 aromatic carbocycles. The molecule has 0 bridgehead atoms. The lowest BCUT2D eigenvalue weighted by molar-refractivity contribution is -0.116. The van der Waals surface area contributed by atoms with Gasteiger partial charge in [-0.15, -0.1) is 5.92 Å². The Balaban J connectivity index is 2.50. The number of allylic oxidation sites excluding steroid dienone is 1. The molecule has 1 atom stereocenters. The molecule has 2 nitrogen and oxygen atoms in total. The maximum absolute atomic E-state index is 11.3. The number of rotatable bonds is 4. The molecule has 0 saturated carbocycles. The first-order chi connectivity index (χ1) is 8.01. The van der Waals surface area contributed by atoms with Crippen LogP contribution in [0.5, 0.6) is 0 Å². The van der Waals surface area contributed by atoms with Crippen LogP contribution >= 0.6 is 23.2 Å². The average Bonchev–Trinajstić information content (AvgIpc) is 2.48. The molecule has 0 aliphatic heterocycles. The van der Waals surface area contributed by atoms with Crippen LogP contribution in [-0.4, -0.2) is 16.5 Å². The first kappa shape index (κ1) is 14.6. The number of carbonyl (C=O) groups is 1. The lowest BCUT2D eigenvalue weighted by atomic mass is 9.99. The van der Waals surface area contributed by atoms with Crippen molar-refractivity contribution >= 4 is 29.0 Å². The second-order valence-electron chi connectivity index (χ2n) is 4.25. The summed E-state index contributed by atoms with van der Waals surface area (Å²) >= 11 is 11.5. The summed E-state index contributed by atoms with van der Waals surface area (Å²) in [6.07, 6.45) is 4.29. The van der Waals surface area contributed by atoms with Crippen molar-refractivity contribution in [1.82, 2.24) is 0 Å². The van der Waals surface area contributed by atoms with Crippen molar-refractivity contribution in [2.75, 3.05) is 0 Å². The fourth-order valence-electron chi connectivity index (χ4n) is 1.65. The highest BCUT2D eigenvalue weighted by Gasteiger charge is 2.42. The molecule has 0 saturated heterocycles. The summed E-state index contributed by atoms with van der Waals surface area (Å²) in [5.41, 5.74) is -1.37. The van der Waals surface area contributed by atoms with Gasteiger partial charge in [0, 0.05) is 19.3 Å². The number of unbranched alkanes of at least 4 members (excludes halogenated alkanes) is 3. The van der Waals surface area contributed by atoms with E-state index in [1.54, 1.807) is 0 Å². The van der Waals surface area contributed by atoms with Gasteiger partial charge in [0.1, 0.15) is 10.6 Å². The summed E-state index contributed by atoms with van der Waals surface area (Å²) in [5.74, 6) is 5.53. The van der Waals surface area contributed by atoms with E-state index < -0.39 is 5.60 Å². The van der Waals surface area contributed by atoms with Crippen LogP contribution in [-0.2, 0) is 4.79 Å². The lowest BCUT2D eigenvalue weighted by Crippen LogP contribution is -2.26. The Morgan fingerprint density at radius 3 is 2.59 bits per heavy atom. The second-order valence-corrected chi connectivity index (χ2v) is 5.00. The van der Waals surface area contributed by atoms with Crippen LogP contribution in [0.3, 0.4) is 0 Å². The highest BCUT2D eigenvalue weighted by atomic mass is 35.5. The lowest BCUT2D eigenvalue weighted by Gasteiger charge is -2.18. The Morgan fingerprint density at radius 1 is 1.35 bits per heavy atom. The van der Waals surface area contributed by atoms with Crippen LogP contribution < -0.4 is 0 Å². The molecule has 0 fully saturated rings. The third-order valence-electron chi connectivity index (χ3n) is 2.71. The average molecular weight is 275 g/mol. The Kier molecular flexibility index (Phi) is 5.52. The highest BCUT2D eigenvalue weighted by molar-refractivity contribution is 6.50. The molecule has 0 heterocycles. The minimum absolute atomic E-state index is 0.0343. The van der Waals surface area contributed by atoms with Crippen molar-refractivity contribution in [1.29, 1.82) is 0 Å². The van der Waals surface area contributed by atoms with E-state index in [1.807, 2.05) is 0 Å². The zero-order valence-corrected chi connectivity index (χ0v) is 11.4. The van der Waals surface area contributed by atoms with E-state index in [4.69, 9.17) is 23.2 Å². The van der Waals surface area contributed by atoms with Gasteiger partial charge in [0.05, 0.1) is 5.03 Å². The first-order valence-electron chi connectivity index (χ1n) is 5.78. The van der Waals surface area contributed by atoms with Gasteiger partial charge in [-0.3, -0.25) is 4.79 Å². The summed E-state index contributed by atoms with van der Waals surface area (Å²) in [4.78, 5) is 11.3. The molecule has 0 amide bonds. The van der Waals surface area contributed by atoms with Crippen molar-refractivity contribution < 1.29 is 9.90 Å². The highest BCUT2D eigenvalue weighted by Crippen LogP contribution is 2.39. The normalized spacial score (nSPS) is 23.9. The zero-order valence-electron chi connectivity index (χ0n) is 9.85. The van der Waals surface area contributed by atoms with E-state index in [9.17, 15) is 9.90 Å². The molecule has 4 heteroatoms. The molecule has 0 aromatic rings. The van der Waals surface area contributed by atoms with Crippen LogP contribution in [0.2, 0.25) is 0 Å². The van der Waals surface area contributed by atoms with Crippen molar-refractivity contribution in [2.45, 2.75) is 51.0 Å². The minimum Gasteiger partial charge on any atom is -0.383 e. The van der Waals surface area contributed by atoms with E-state index >= 15 is 0 Å². The number of Topliss-reactive ketones (excluding diaryl/α,β-unsaturated/α-hetero) is 1. The van der Waals surface area contributed by atoms with Crippen molar-refractivity contribution in [3.05, 3.63) is 10.1 Å². The Labute approximate surface area is 112 Å². The number of aliphatic hydroxyl groups is 1. The molecule has 1 rings (SSSR count). The molecule has 1 aliphatic carbocycles. The maximum Gasteiger partial charge on any atom is 0.178 e. The molecule has 0 aromatic heterocycles. The molecule has 0 spiro atoms. The minimum atomic E-state index is -1.37. The van der Waals surface area contributed by atoms with Gasteiger partial charge in [0.15, 0.2) is 5.78 Å². The van der Waals surface area contributed by atoms with Gasteiger partial charge >= 0.3 is 0 Å². The van der Waals surface area contributed by atoms with Gasteiger partial charge < -0.3 is 5.11 Å². The second kappa shape index (κ2) is 6.44. The molecule has 0 radical (unpaired) electrons. The Bertz CT molecular complexity index is 390. The fraction of sp³-hybridized carbons (Fsp3) is 0.615. The standard InChI is InChI=1S/C13H16Cl2O2/c1-2-3-4-5-6-7-8-13(17)9-10(16)11(14)12(13)15/h17H,2-5,8-9H2,1H3. The van der Waals surface area contributed by atoms with Crippen LogP contribution in [0.25, 0.3) is 0 Å². The predicted molar refractivity (Wildman–Crippen MR) is 69.8 cm³/mol. The van der Waals surface area contributed by atoms with Gasteiger partial charge in [-0.2, -0.15) is 0 Å². The van der Waals surface area contributed by atoms with Crippen LogP contribution in [0.1, 0.15) is 45.4 Å². The van der Waals surface area contributed by atoms with E-state index in [0.717, 1.165) is 25.7 Å². The first-order valence-corrected chi connectivity index (χ1v) is 6.54. The molecular weight excluding hydrogens is 259 g/mol. The Hall–Kier alpha value is -0.490. The van der Waals surface area contributed by atoms with Gasteiger partial charge in [-0.25, -0.2) is 0 Å². The topological polar surface area (TPSA) is 37.3 Å². The van der Waals surface area contributed by atoms with Crippen LogP contribution in [0.15, 0.2) is 10.1 Å². The molecule has 94 valence electrons. The maximum atomic E-state index is 11.3. The summed E-state index contributed by atoms with van der Waals surface area (Å²) in [5, 5.41) is 10.1. The zero-order chi connectivity index (χ0) is 12.9. The number of hydrogen-bond donors (Lipinski definition) is 1. The summed E-state index contributed by atoms with van der Waals surface area (Å²) in [6.45, 7) is 2.13. The molecule has 17 heavy (non-hydrogen) atoms. The van der Waals surface area contributed by atoms with E-state index in [1.165, 1.54) is 0 Å². The number of ketones is 1. The molecule has 1 aliphatic rings. The van der Waals surface area contributed by atoms with Gasteiger partial charge in [0.25, 0.3) is 0 Å². The van der Waals surface area contributed by atoms with Crippen molar-refractivity contribution in [2.24, 2.45) is 0 Å². The SMILES string of the molecule is CCCCCC#CCC1(O)CC(=O)C(Cl)=C1Cl. The van der Waals surface area contributed by atoms with Crippen LogP contribution in [0.4, 0.5) is 0 Å². The van der Waals surface area contributed by atoms with Gasteiger partial charge in [0.2, 0.25) is 0 Å². The van der Waals surface area contributed by atoms with Crippen molar-refractivity contribution in [3.63, 3.8) is 0 Å². The predicted octanol–water partition coefficient (Wildman–Crippen LogP) is 3.35. The number of carbonyl (C=O) groups excluding carboxylic acids is 1. The molecule has 1 unspecified atom stereocenters. The largest absolute Gasteiger partial charge is 0.383 e. The summed E-state index contributed by atoms with van der Waals surface area (Å²) in [7, 11) is 0. The number of hydrogen-bond acceptors (Lipinski definition) is 2. The summed E-state index contributed by atoms with van der Waals surface area (Å²) < 4.78 is 0. The van der Waals surface area contributed by atoms with Crippen LogP contribution in [0, 0.1) is 11.8 Å². The van der Waals surface area contributed by atoms with E-state index in [0.29, 0.717) is 0 Å². The summed E-state index contributed by atoms with van der Waals surface area (Å²) in [6, 6.07) is 0. The monoisotopic (exact) mass is 274 g/mol. The smallest absolute Gasteiger partial charge is 0.178 e. The molecule has 1 N–H and O–H groups in total. The fourth-order valence-corrected chi connectivity index (χ4v) is 2.13. The Morgan fingerprint density at radius 2 is 2.06 bits per heavy atom. The van der Waals surface area contributed by atoms with Gasteiger partial charge in [-0.1, -0.05) is 48.9 Å². The van der Waals surface area contributed by atoms with E-state index in [2.05, 4.69) is 18.8 Å².